The number of aromatic nitrogens is 6. The monoisotopic (exact) mass is 539 g/mol. The highest BCUT2D eigenvalue weighted by Crippen LogP contribution is 2.32. The van der Waals surface area contributed by atoms with E-state index < -0.39 is 0 Å². The minimum atomic E-state index is -0.329. The molecule has 12 heteroatoms. The summed E-state index contributed by atoms with van der Waals surface area (Å²) in [5, 5.41) is 7.34. The van der Waals surface area contributed by atoms with Gasteiger partial charge in [0.1, 0.15) is 6.33 Å². The molecule has 12 nitrogen and oxygen atoms in total. The molecular formula is C28H29N9O3. The van der Waals surface area contributed by atoms with Crippen molar-refractivity contribution in [2.45, 2.75) is 32.9 Å². The molecule has 5 heterocycles. The van der Waals surface area contributed by atoms with Gasteiger partial charge in [-0.25, -0.2) is 19.9 Å². The third-order valence-electron chi connectivity index (χ3n) is 6.69. The quantitative estimate of drug-likeness (QED) is 0.330. The van der Waals surface area contributed by atoms with E-state index in [1.54, 1.807) is 36.9 Å². The third kappa shape index (κ3) is 4.96. The number of methoxy groups -OCH3 is 1. The number of pyridine rings is 1. The molecule has 1 fully saturated rings. The van der Waals surface area contributed by atoms with E-state index in [1.807, 2.05) is 23.6 Å². The van der Waals surface area contributed by atoms with Gasteiger partial charge >= 0.3 is 6.01 Å². The first-order valence-corrected chi connectivity index (χ1v) is 13.0. The summed E-state index contributed by atoms with van der Waals surface area (Å²) in [6.07, 6.45) is 9.92. The van der Waals surface area contributed by atoms with E-state index in [4.69, 9.17) is 9.47 Å². The Balaban J connectivity index is 1.37. The number of anilines is 2. The molecule has 4 aromatic heterocycles. The summed E-state index contributed by atoms with van der Waals surface area (Å²) in [4.78, 5) is 37.5. The van der Waals surface area contributed by atoms with E-state index in [0.29, 0.717) is 46.0 Å². The largest absolute Gasteiger partial charge is 0.467 e. The molecule has 1 aliphatic rings. The van der Waals surface area contributed by atoms with Crippen molar-refractivity contribution in [1.82, 2.24) is 34.6 Å². The van der Waals surface area contributed by atoms with E-state index in [0.717, 1.165) is 29.9 Å². The van der Waals surface area contributed by atoms with Crippen LogP contribution in [0.5, 0.6) is 17.5 Å². The van der Waals surface area contributed by atoms with Gasteiger partial charge in [0, 0.05) is 60.9 Å². The van der Waals surface area contributed by atoms with Crippen LogP contribution in [0, 0.1) is 6.92 Å². The number of nitrogens with zero attached hydrogens (tertiary/aromatic N) is 7. The number of nitrogens with one attached hydrogen (secondary N) is 2. The Morgan fingerprint density at radius 3 is 2.60 bits per heavy atom. The van der Waals surface area contributed by atoms with E-state index in [9.17, 15) is 4.79 Å². The van der Waals surface area contributed by atoms with Crippen molar-refractivity contribution in [3.63, 3.8) is 0 Å². The van der Waals surface area contributed by atoms with Crippen LogP contribution in [0.4, 0.5) is 11.4 Å². The normalized spacial score (nSPS) is 17.2. The lowest BCUT2D eigenvalue weighted by Crippen LogP contribution is -2.54. The van der Waals surface area contributed by atoms with Crippen LogP contribution in [0.2, 0.25) is 0 Å². The molecule has 0 bridgehead atoms. The Hall–Kier alpha value is -4.84. The fourth-order valence-corrected chi connectivity index (χ4v) is 5.17. The molecule has 0 aliphatic carbocycles. The lowest BCUT2D eigenvalue weighted by Gasteiger charge is -2.38. The maximum absolute atomic E-state index is 13.7. The Kier molecular flexibility index (Phi) is 6.60. The smallest absolute Gasteiger partial charge is 0.316 e. The van der Waals surface area contributed by atoms with Crippen LogP contribution in [0.15, 0.2) is 55.5 Å². The van der Waals surface area contributed by atoms with Gasteiger partial charge in [-0.3, -0.25) is 4.79 Å². The molecule has 40 heavy (non-hydrogen) atoms. The first kappa shape index (κ1) is 25.4. The molecule has 1 saturated heterocycles. The van der Waals surface area contributed by atoms with Crippen molar-refractivity contribution in [1.29, 1.82) is 0 Å². The fraction of sp³-hybridized carbons (Fsp3) is 0.286. The van der Waals surface area contributed by atoms with E-state index in [-0.39, 0.29) is 11.9 Å². The lowest BCUT2D eigenvalue weighted by atomic mass is 10.0. The summed E-state index contributed by atoms with van der Waals surface area (Å²) in [6.45, 7) is 7.87. The first-order valence-electron chi connectivity index (χ1n) is 13.0. The predicted molar refractivity (Wildman–Crippen MR) is 150 cm³/mol. The second-order valence-electron chi connectivity index (χ2n) is 9.96. The molecule has 204 valence electrons. The molecule has 1 aromatic carbocycles. The molecule has 2 N–H and O–H groups in total. The molecule has 5 aromatic rings. The third-order valence-corrected chi connectivity index (χ3v) is 6.69. The topological polar surface area (TPSA) is 132 Å². The molecule has 0 spiro atoms. The molecular weight excluding hydrogens is 510 g/mol. The highest BCUT2D eigenvalue weighted by Gasteiger charge is 2.25. The van der Waals surface area contributed by atoms with E-state index >= 15 is 0 Å². The molecule has 0 saturated carbocycles. The van der Waals surface area contributed by atoms with Crippen molar-refractivity contribution < 1.29 is 14.3 Å². The van der Waals surface area contributed by atoms with Gasteiger partial charge in [-0.2, -0.15) is 4.98 Å². The minimum absolute atomic E-state index is 0.192. The Bertz CT molecular complexity index is 1700. The Morgan fingerprint density at radius 1 is 1.07 bits per heavy atom. The summed E-state index contributed by atoms with van der Waals surface area (Å²) in [5.41, 5.74) is 3.82. The maximum Gasteiger partial charge on any atom is 0.316 e. The second-order valence-corrected chi connectivity index (χ2v) is 9.96. The first-order chi connectivity index (χ1) is 19.4. The van der Waals surface area contributed by atoms with Crippen LogP contribution in [0.3, 0.4) is 0 Å². The van der Waals surface area contributed by atoms with Gasteiger partial charge in [-0.05, 0) is 32.9 Å². The number of amides is 1. The zero-order chi connectivity index (χ0) is 27.8. The number of carbonyl (C=O) groups excluding carboxylic acids is 1. The van der Waals surface area contributed by atoms with Crippen LogP contribution < -0.4 is 25.0 Å². The number of rotatable bonds is 6. The summed E-state index contributed by atoms with van der Waals surface area (Å²) in [7, 11) is 1.51. The number of ether oxygens (including phenoxy) is 2. The molecule has 1 amide bonds. The standard InChI is InChI=1S/C28H29N9O3/c1-16-11-36(12-17(2)32-16)23-6-5-21(25-22(23)10-31-28(35-25)39-4)27(38)34-19-7-24(40-20-8-29-15-30-9-20)26-33-18(3)13-37(26)14-19/h5-10,13-17,32H,11-12H2,1-4H3,(H,34,38). The number of piperazine rings is 1. The number of hydrogen-bond acceptors (Lipinski definition) is 10. The molecule has 2 unspecified atom stereocenters. The highest BCUT2D eigenvalue weighted by atomic mass is 16.5. The zero-order valence-electron chi connectivity index (χ0n) is 22.6. The summed E-state index contributed by atoms with van der Waals surface area (Å²) >= 11 is 0. The predicted octanol–water partition coefficient (Wildman–Crippen LogP) is 3.62. The Morgan fingerprint density at radius 2 is 1.85 bits per heavy atom. The number of imidazole rings is 1. The van der Waals surface area contributed by atoms with Crippen molar-refractivity contribution in [3.8, 4) is 17.5 Å². The van der Waals surface area contributed by atoms with Crippen LogP contribution in [0.1, 0.15) is 29.9 Å². The number of aryl methyl sites for hydroxylation is 1. The van der Waals surface area contributed by atoms with E-state index in [1.165, 1.54) is 13.4 Å². The zero-order valence-corrected chi connectivity index (χ0v) is 22.6. The van der Waals surface area contributed by atoms with Gasteiger partial charge in [0.05, 0.1) is 42.0 Å². The van der Waals surface area contributed by atoms with Crippen LogP contribution in [-0.2, 0) is 0 Å². The summed E-state index contributed by atoms with van der Waals surface area (Å²) in [5.74, 6) is 0.576. The molecule has 0 radical (unpaired) electrons. The fourth-order valence-electron chi connectivity index (χ4n) is 5.17. The molecule has 6 rings (SSSR count). The van der Waals surface area contributed by atoms with Gasteiger partial charge in [0.2, 0.25) is 0 Å². The minimum Gasteiger partial charge on any atom is -0.467 e. The van der Waals surface area contributed by atoms with E-state index in [2.05, 4.69) is 54.3 Å². The number of hydrogen-bond donors (Lipinski definition) is 2. The highest BCUT2D eigenvalue weighted by molar-refractivity contribution is 6.14. The average molecular weight is 540 g/mol. The second kappa shape index (κ2) is 10.4. The van der Waals surface area contributed by atoms with Gasteiger partial charge in [-0.1, -0.05) is 0 Å². The van der Waals surface area contributed by atoms with Crippen molar-refractivity contribution in [2.24, 2.45) is 0 Å². The van der Waals surface area contributed by atoms with Crippen molar-refractivity contribution in [3.05, 3.63) is 66.8 Å². The number of carbonyl (C=O) groups is 1. The van der Waals surface area contributed by atoms with Gasteiger partial charge < -0.3 is 29.4 Å². The SMILES string of the molecule is COc1ncc2c(N3CC(C)NC(C)C3)ccc(C(=O)Nc3cc(Oc4cncnc4)c4nc(C)cn4c3)c2n1. The molecule has 2 atom stereocenters. The number of fused-ring (bicyclic) bond motifs is 2. The summed E-state index contributed by atoms with van der Waals surface area (Å²) in [6, 6.07) is 6.32. The van der Waals surface area contributed by atoms with Gasteiger partial charge in [-0.15, -0.1) is 0 Å². The van der Waals surface area contributed by atoms with Crippen LogP contribution >= 0.6 is 0 Å². The average Bonchev–Trinajstić information content (AvgIpc) is 3.32. The summed E-state index contributed by atoms with van der Waals surface area (Å²) < 4.78 is 13.1. The van der Waals surface area contributed by atoms with Crippen LogP contribution in [-0.4, -0.2) is 67.5 Å². The van der Waals surface area contributed by atoms with Crippen LogP contribution in [0.25, 0.3) is 16.6 Å². The maximum atomic E-state index is 13.7. The number of benzene rings is 1. The Labute approximate surface area is 230 Å². The molecule has 1 aliphatic heterocycles. The van der Waals surface area contributed by atoms with Crippen molar-refractivity contribution in [2.75, 3.05) is 30.4 Å². The van der Waals surface area contributed by atoms with Gasteiger partial charge in [0.25, 0.3) is 5.91 Å². The van der Waals surface area contributed by atoms with Crippen molar-refractivity contribution >= 4 is 33.8 Å². The lowest BCUT2D eigenvalue weighted by molar-refractivity contribution is 0.102. The van der Waals surface area contributed by atoms with Gasteiger partial charge in [0.15, 0.2) is 17.1 Å².